The summed E-state index contributed by atoms with van der Waals surface area (Å²) in [5.41, 5.74) is 0. The van der Waals surface area contributed by atoms with Crippen LogP contribution in [0.2, 0.25) is 0 Å². The molecule has 0 amide bonds. The lowest BCUT2D eigenvalue weighted by Crippen LogP contribution is -2.37. The standard InChI is InChI=1S/C54H88NO7P/c1-6-8-10-12-14-16-18-20-22-24-26-28-29-31-33-35-37-39-41-43-45-47-54(56)62-53(52-61-63(57,58)60-50-48-55(3,4)5)51-59-49-46-44-42-40-38-36-34-32-30-27-25-23-21-19-17-15-13-11-9-7-2/h8-11,14-17,20-23,26-28,30-31,33-34,36,40,42,53H,6-7,12-13,18-19,24-25,29,32,35,37-39,41,43-52H2,1-5H3/p+1/b10-8-,11-9-,16-14-,17-15-,22-20-,23-21-,28-26-,30-27-,33-31-,36-34-,42-40-. The summed E-state index contributed by atoms with van der Waals surface area (Å²) in [6.45, 7) is 5.16. The quantitative estimate of drug-likeness (QED) is 0.0215. The zero-order valence-corrected chi connectivity index (χ0v) is 41.1. The van der Waals surface area contributed by atoms with E-state index in [9.17, 15) is 14.3 Å². The molecule has 356 valence electrons. The summed E-state index contributed by atoms with van der Waals surface area (Å²) in [6.07, 6.45) is 66.5. The number of likely N-dealkylation sites (N-methyl/N-ethyl adjacent to an activating group) is 1. The molecule has 0 rings (SSSR count). The third-order valence-corrected chi connectivity index (χ3v) is 10.2. The second kappa shape index (κ2) is 45.2. The molecule has 0 spiro atoms. The Morgan fingerprint density at radius 1 is 0.492 bits per heavy atom. The minimum atomic E-state index is -4.31. The van der Waals surface area contributed by atoms with Crippen LogP contribution in [0.1, 0.15) is 142 Å². The number of rotatable bonds is 42. The molecule has 1 N–H and O–H groups in total. The number of phosphoric ester groups is 1. The molecule has 2 unspecified atom stereocenters. The van der Waals surface area contributed by atoms with Gasteiger partial charge in [0.15, 0.2) is 0 Å². The van der Waals surface area contributed by atoms with Gasteiger partial charge in [-0.1, -0.05) is 167 Å². The Hall–Kier alpha value is -3.36. The zero-order chi connectivity index (χ0) is 46.2. The van der Waals surface area contributed by atoms with E-state index in [1.54, 1.807) is 0 Å². The van der Waals surface area contributed by atoms with E-state index in [2.05, 4.69) is 148 Å². The van der Waals surface area contributed by atoms with Gasteiger partial charge in [-0.15, -0.1) is 0 Å². The molecule has 0 heterocycles. The van der Waals surface area contributed by atoms with E-state index in [1.807, 2.05) is 21.1 Å². The fourth-order valence-corrected chi connectivity index (χ4v) is 6.34. The van der Waals surface area contributed by atoms with Crippen LogP contribution in [0.4, 0.5) is 0 Å². The maximum absolute atomic E-state index is 12.7. The average Bonchev–Trinajstić information content (AvgIpc) is 3.24. The second-order valence-electron chi connectivity index (χ2n) is 16.4. The normalized spacial score (nSPS) is 14.8. The van der Waals surface area contributed by atoms with Crippen LogP contribution in [0.15, 0.2) is 134 Å². The maximum Gasteiger partial charge on any atom is 0.472 e. The SMILES string of the molecule is CC/C=C\C/C=C\C/C=C\C/C=C\C/C=C\C/C=C\CCCOCC(COP(=O)(O)OCC[N+](C)(C)C)OC(=O)CCCCCCC/C=C\C/C=C\C/C=C\C/C=C\C/C=C\CC. The van der Waals surface area contributed by atoms with E-state index < -0.39 is 13.9 Å². The van der Waals surface area contributed by atoms with E-state index in [0.29, 0.717) is 17.6 Å². The van der Waals surface area contributed by atoms with Crippen LogP contribution >= 0.6 is 7.82 Å². The highest BCUT2D eigenvalue weighted by atomic mass is 31.2. The van der Waals surface area contributed by atoms with Gasteiger partial charge >= 0.3 is 13.8 Å². The lowest BCUT2D eigenvalue weighted by Gasteiger charge is -2.24. The van der Waals surface area contributed by atoms with Crippen LogP contribution in [0, 0.1) is 0 Å². The Morgan fingerprint density at radius 2 is 0.873 bits per heavy atom. The molecule has 63 heavy (non-hydrogen) atoms. The van der Waals surface area contributed by atoms with Crippen LogP contribution in [0.3, 0.4) is 0 Å². The van der Waals surface area contributed by atoms with Gasteiger partial charge in [0, 0.05) is 13.0 Å². The van der Waals surface area contributed by atoms with Gasteiger partial charge in [-0.3, -0.25) is 13.8 Å². The first-order chi connectivity index (χ1) is 30.6. The monoisotopic (exact) mass is 895 g/mol. The van der Waals surface area contributed by atoms with Crippen molar-refractivity contribution in [2.75, 3.05) is 54.1 Å². The van der Waals surface area contributed by atoms with Crippen LogP contribution in [-0.4, -0.2) is 75.6 Å². The number of carbonyl (C=O) groups excluding carboxylic acids is 1. The first-order valence-corrected chi connectivity index (χ1v) is 25.4. The molecule has 0 radical (unpaired) electrons. The smallest absolute Gasteiger partial charge is 0.457 e. The van der Waals surface area contributed by atoms with Crippen molar-refractivity contribution in [1.29, 1.82) is 0 Å². The van der Waals surface area contributed by atoms with Crippen molar-refractivity contribution in [2.24, 2.45) is 0 Å². The van der Waals surface area contributed by atoms with Crippen molar-refractivity contribution in [3.05, 3.63) is 134 Å². The van der Waals surface area contributed by atoms with Gasteiger partial charge in [-0.2, -0.15) is 0 Å². The summed E-state index contributed by atoms with van der Waals surface area (Å²) in [7, 11) is 1.59. The number of carbonyl (C=O) groups is 1. The lowest BCUT2D eigenvalue weighted by molar-refractivity contribution is -0.870. The largest absolute Gasteiger partial charge is 0.472 e. The molecular weight excluding hydrogens is 806 g/mol. The highest BCUT2D eigenvalue weighted by molar-refractivity contribution is 7.47. The number of esters is 1. The number of unbranched alkanes of at least 4 members (excludes halogenated alkanes) is 6. The van der Waals surface area contributed by atoms with Crippen LogP contribution in [0.5, 0.6) is 0 Å². The number of phosphoric acid groups is 1. The van der Waals surface area contributed by atoms with Crippen molar-refractivity contribution in [1.82, 2.24) is 0 Å². The van der Waals surface area contributed by atoms with E-state index in [-0.39, 0.29) is 32.2 Å². The van der Waals surface area contributed by atoms with Gasteiger partial charge in [-0.05, 0) is 103 Å². The summed E-state index contributed by atoms with van der Waals surface area (Å²) in [6, 6.07) is 0. The fraction of sp³-hybridized carbons (Fsp3) is 0.574. The van der Waals surface area contributed by atoms with Crippen molar-refractivity contribution in [3.63, 3.8) is 0 Å². The minimum absolute atomic E-state index is 0.0646. The molecule has 0 aliphatic rings. The number of quaternary nitrogens is 1. The Kier molecular flexibility index (Phi) is 42.8. The minimum Gasteiger partial charge on any atom is -0.457 e. The first kappa shape index (κ1) is 59.6. The molecule has 0 aromatic carbocycles. The summed E-state index contributed by atoms with van der Waals surface area (Å²) < 4.78 is 35.0. The summed E-state index contributed by atoms with van der Waals surface area (Å²) in [5.74, 6) is -0.359. The van der Waals surface area contributed by atoms with E-state index in [0.717, 1.165) is 122 Å². The van der Waals surface area contributed by atoms with E-state index in [4.69, 9.17) is 18.5 Å². The molecule has 0 bridgehead atoms. The Balaban J connectivity index is 4.38. The summed E-state index contributed by atoms with van der Waals surface area (Å²) >= 11 is 0. The van der Waals surface area contributed by atoms with Gasteiger partial charge in [0.25, 0.3) is 0 Å². The number of hydrogen-bond donors (Lipinski definition) is 1. The molecule has 0 saturated heterocycles. The molecule has 0 aromatic rings. The molecular formula is C54H89NO7P+. The first-order valence-electron chi connectivity index (χ1n) is 23.9. The maximum atomic E-state index is 12.7. The van der Waals surface area contributed by atoms with Gasteiger partial charge in [0.2, 0.25) is 0 Å². The fourth-order valence-electron chi connectivity index (χ4n) is 5.59. The van der Waals surface area contributed by atoms with E-state index >= 15 is 0 Å². The highest BCUT2D eigenvalue weighted by Gasteiger charge is 2.26. The lowest BCUT2D eigenvalue weighted by atomic mass is 10.1. The zero-order valence-electron chi connectivity index (χ0n) is 40.2. The topological polar surface area (TPSA) is 91.3 Å². The van der Waals surface area contributed by atoms with Crippen molar-refractivity contribution < 1.29 is 37.3 Å². The van der Waals surface area contributed by atoms with Gasteiger partial charge in [0.05, 0.1) is 34.4 Å². The van der Waals surface area contributed by atoms with Crippen molar-refractivity contribution in [3.8, 4) is 0 Å². The third-order valence-electron chi connectivity index (χ3n) is 9.21. The third kappa shape index (κ3) is 49.5. The predicted octanol–water partition coefficient (Wildman–Crippen LogP) is 14.7. The molecule has 0 aromatic heterocycles. The molecule has 8 nitrogen and oxygen atoms in total. The summed E-state index contributed by atoms with van der Waals surface area (Å²) in [5, 5.41) is 0. The Labute approximate surface area is 385 Å². The molecule has 0 saturated carbocycles. The number of ether oxygens (including phenoxy) is 2. The van der Waals surface area contributed by atoms with Crippen LogP contribution in [0.25, 0.3) is 0 Å². The molecule has 2 atom stereocenters. The highest BCUT2D eigenvalue weighted by Crippen LogP contribution is 2.43. The number of allylic oxidation sites excluding steroid dienone is 22. The van der Waals surface area contributed by atoms with Gasteiger partial charge < -0.3 is 18.9 Å². The molecule has 0 fully saturated rings. The number of hydrogen-bond acceptors (Lipinski definition) is 6. The van der Waals surface area contributed by atoms with Crippen LogP contribution in [-0.2, 0) is 27.9 Å². The van der Waals surface area contributed by atoms with Gasteiger partial charge in [-0.25, -0.2) is 4.57 Å². The second-order valence-corrected chi connectivity index (χ2v) is 17.8. The molecule has 0 aliphatic heterocycles. The van der Waals surface area contributed by atoms with E-state index in [1.165, 1.54) is 0 Å². The Morgan fingerprint density at radius 3 is 1.30 bits per heavy atom. The predicted molar refractivity (Wildman–Crippen MR) is 270 cm³/mol. The number of nitrogens with zero attached hydrogens (tertiary/aromatic N) is 1. The average molecular weight is 895 g/mol. The summed E-state index contributed by atoms with van der Waals surface area (Å²) in [4.78, 5) is 23.0. The van der Waals surface area contributed by atoms with Gasteiger partial charge in [0.1, 0.15) is 19.3 Å². The van der Waals surface area contributed by atoms with Crippen LogP contribution < -0.4 is 0 Å². The van der Waals surface area contributed by atoms with Crippen molar-refractivity contribution in [2.45, 2.75) is 148 Å². The molecule has 9 heteroatoms. The van der Waals surface area contributed by atoms with Crippen molar-refractivity contribution >= 4 is 13.8 Å². The molecule has 0 aliphatic carbocycles. The Bertz CT molecular complexity index is 1460.